The van der Waals surface area contributed by atoms with E-state index in [4.69, 9.17) is 15.0 Å². The standard InChI is InChI=1S/C22H23N7O/c1-13(2)29-19-15(12-23-29)11-16(14(3)24-19)22(30)28-10-9-27(4)20-21(28)26-18-8-6-5-7-17(18)25-20/h5-8,11-13H,9-10H2,1-4H3. The third-order valence-electron chi connectivity index (χ3n) is 5.54. The average Bonchev–Trinajstić information content (AvgIpc) is 3.15. The maximum atomic E-state index is 13.6. The van der Waals surface area contributed by atoms with Crippen molar-refractivity contribution in [3.8, 4) is 0 Å². The van der Waals surface area contributed by atoms with Crippen LogP contribution >= 0.6 is 0 Å². The molecule has 8 heteroatoms. The Hall–Kier alpha value is -3.55. The second kappa shape index (κ2) is 6.76. The van der Waals surface area contributed by atoms with Gasteiger partial charge < -0.3 is 4.90 Å². The topological polar surface area (TPSA) is 80.0 Å². The maximum absolute atomic E-state index is 13.6. The predicted molar refractivity (Wildman–Crippen MR) is 117 cm³/mol. The van der Waals surface area contributed by atoms with Gasteiger partial charge in [0, 0.05) is 31.6 Å². The van der Waals surface area contributed by atoms with E-state index in [9.17, 15) is 4.79 Å². The SMILES string of the molecule is Cc1nc2c(cnn2C(C)C)cc1C(=O)N1CCN(C)c2nc3ccccc3nc21. The van der Waals surface area contributed by atoms with Gasteiger partial charge in [0.05, 0.1) is 28.5 Å². The summed E-state index contributed by atoms with van der Waals surface area (Å²) >= 11 is 0. The fourth-order valence-corrected chi connectivity index (χ4v) is 3.88. The molecule has 152 valence electrons. The molecule has 0 saturated carbocycles. The molecule has 0 spiro atoms. The third-order valence-corrected chi connectivity index (χ3v) is 5.54. The molecule has 4 heterocycles. The summed E-state index contributed by atoms with van der Waals surface area (Å²) < 4.78 is 1.87. The molecule has 0 radical (unpaired) electrons. The van der Waals surface area contributed by atoms with Gasteiger partial charge in [0.2, 0.25) is 0 Å². The van der Waals surface area contributed by atoms with Crippen LogP contribution < -0.4 is 9.80 Å². The number of hydrogen-bond acceptors (Lipinski definition) is 6. The molecule has 1 aliphatic rings. The first-order chi connectivity index (χ1) is 14.4. The zero-order valence-corrected chi connectivity index (χ0v) is 17.5. The Morgan fingerprint density at radius 1 is 1.03 bits per heavy atom. The van der Waals surface area contributed by atoms with E-state index < -0.39 is 0 Å². The van der Waals surface area contributed by atoms with Gasteiger partial charge in [0.25, 0.3) is 5.91 Å². The summed E-state index contributed by atoms with van der Waals surface area (Å²) in [6.07, 6.45) is 1.77. The van der Waals surface area contributed by atoms with Crippen LogP contribution in [0.1, 0.15) is 35.9 Å². The van der Waals surface area contributed by atoms with Crippen molar-refractivity contribution < 1.29 is 4.79 Å². The van der Waals surface area contributed by atoms with Gasteiger partial charge in [0.1, 0.15) is 0 Å². The van der Waals surface area contributed by atoms with Crippen LogP contribution in [0.5, 0.6) is 0 Å². The van der Waals surface area contributed by atoms with Crippen molar-refractivity contribution in [3.05, 3.63) is 47.8 Å². The van der Waals surface area contributed by atoms with Crippen LogP contribution in [0.25, 0.3) is 22.1 Å². The summed E-state index contributed by atoms with van der Waals surface area (Å²) in [6.45, 7) is 7.22. The summed E-state index contributed by atoms with van der Waals surface area (Å²) in [4.78, 5) is 31.6. The molecule has 30 heavy (non-hydrogen) atoms. The molecule has 1 aliphatic heterocycles. The summed E-state index contributed by atoms with van der Waals surface area (Å²) in [7, 11) is 1.98. The van der Waals surface area contributed by atoms with Gasteiger partial charge in [-0.1, -0.05) is 12.1 Å². The first-order valence-corrected chi connectivity index (χ1v) is 10.1. The largest absolute Gasteiger partial charge is 0.355 e. The molecule has 0 aliphatic carbocycles. The molecule has 0 N–H and O–H groups in total. The number of pyridine rings is 1. The van der Waals surface area contributed by atoms with Gasteiger partial charge in [-0.3, -0.25) is 9.69 Å². The molecule has 0 saturated heterocycles. The first kappa shape index (κ1) is 18.5. The van der Waals surface area contributed by atoms with Gasteiger partial charge >= 0.3 is 0 Å². The van der Waals surface area contributed by atoms with Crippen molar-refractivity contribution in [1.29, 1.82) is 0 Å². The average molecular weight is 401 g/mol. The number of amides is 1. The molecule has 8 nitrogen and oxygen atoms in total. The number of carbonyl (C=O) groups excluding carboxylic acids is 1. The lowest BCUT2D eigenvalue weighted by atomic mass is 10.1. The van der Waals surface area contributed by atoms with Gasteiger partial charge in [-0.15, -0.1) is 0 Å². The Kier molecular flexibility index (Phi) is 4.16. The molecule has 0 unspecified atom stereocenters. The highest BCUT2D eigenvalue weighted by molar-refractivity contribution is 6.09. The minimum absolute atomic E-state index is 0.113. The molecule has 4 aromatic rings. The van der Waals surface area contributed by atoms with Gasteiger partial charge in [-0.05, 0) is 39.0 Å². The maximum Gasteiger partial charge on any atom is 0.261 e. The van der Waals surface area contributed by atoms with Crippen LogP contribution in [0, 0.1) is 6.92 Å². The number of fused-ring (bicyclic) bond motifs is 3. The summed E-state index contributed by atoms with van der Waals surface area (Å²) in [5.74, 6) is 1.19. The van der Waals surface area contributed by atoms with Crippen molar-refractivity contribution in [3.63, 3.8) is 0 Å². The molecule has 5 rings (SSSR count). The number of rotatable bonds is 2. The Balaban J connectivity index is 1.61. The van der Waals surface area contributed by atoms with E-state index in [1.54, 1.807) is 11.1 Å². The smallest absolute Gasteiger partial charge is 0.261 e. The van der Waals surface area contributed by atoms with Gasteiger partial charge in [-0.2, -0.15) is 5.10 Å². The zero-order valence-electron chi connectivity index (χ0n) is 17.5. The van der Waals surface area contributed by atoms with E-state index >= 15 is 0 Å². The second-order valence-corrected chi connectivity index (χ2v) is 7.95. The van der Waals surface area contributed by atoms with Crippen LogP contribution in [0.2, 0.25) is 0 Å². The molecule has 0 atom stereocenters. The van der Waals surface area contributed by atoms with E-state index in [1.165, 1.54) is 0 Å². The molecule has 0 fully saturated rings. The van der Waals surface area contributed by atoms with Crippen LogP contribution in [0.4, 0.5) is 11.6 Å². The summed E-state index contributed by atoms with van der Waals surface area (Å²) in [6, 6.07) is 9.81. The predicted octanol–water partition coefficient (Wildman–Crippen LogP) is 3.36. The first-order valence-electron chi connectivity index (χ1n) is 10.1. The zero-order chi connectivity index (χ0) is 21.0. The molecule has 3 aromatic heterocycles. The lowest BCUT2D eigenvalue weighted by Crippen LogP contribution is -2.44. The minimum Gasteiger partial charge on any atom is -0.355 e. The lowest BCUT2D eigenvalue weighted by molar-refractivity contribution is 0.0985. The molecular formula is C22H23N7O. The summed E-state index contributed by atoms with van der Waals surface area (Å²) in [5.41, 5.74) is 3.63. The number of hydrogen-bond donors (Lipinski definition) is 0. The van der Waals surface area contributed by atoms with Crippen molar-refractivity contribution in [2.75, 3.05) is 29.9 Å². The minimum atomic E-state index is -0.113. The van der Waals surface area contributed by atoms with Crippen LogP contribution in [0.3, 0.4) is 0 Å². The molecule has 0 bridgehead atoms. The molecule has 1 amide bonds. The number of likely N-dealkylation sites (N-methyl/N-ethyl adjacent to an activating group) is 1. The highest BCUT2D eigenvalue weighted by Gasteiger charge is 2.30. The van der Waals surface area contributed by atoms with Crippen LogP contribution in [0.15, 0.2) is 36.5 Å². The molecular weight excluding hydrogens is 378 g/mol. The Morgan fingerprint density at radius 3 is 2.43 bits per heavy atom. The van der Waals surface area contributed by atoms with Gasteiger partial charge in [0.15, 0.2) is 17.3 Å². The lowest BCUT2D eigenvalue weighted by Gasteiger charge is -2.34. The second-order valence-electron chi connectivity index (χ2n) is 7.95. The number of aryl methyl sites for hydroxylation is 1. The number of anilines is 2. The number of nitrogens with zero attached hydrogens (tertiary/aromatic N) is 7. The normalized spacial score (nSPS) is 14.0. The number of carbonyl (C=O) groups is 1. The Morgan fingerprint density at radius 2 is 1.73 bits per heavy atom. The van der Waals surface area contributed by atoms with Crippen molar-refractivity contribution in [1.82, 2.24) is 24.7 Å². The number of aromatic nitrogens is 5. The third kappa shape index (κ3) is 2.79. The van der Waals surface area contributed by atoms with E-state index in [-0.39, 0.29) is 11.9 Å². The fraction of sp³-hybridized carbons (Fsp3) is 0.318. The summed E-state index contributed by atoms with van der Waals surface area (Å²) in [5, 5.41) is 5.29. The quantitative estimate of drug-likeness (QED) is 0.512. The van der Waals surface area contributed by atoms with Crippen molar-refractivity contribution >= 4 is 39.6 Å². The van der Waals surface area contributed by atoms with Crippen LogP contribution in [-0.4, -0.2) is 50.8 Å². The Bertz CT molecular complexity index is 1290. The van der Waals surface area contributed by atoms with E-state index in [1.807, 2.05) is 53.9 Å². The van der Waals surface area contributed by atoms with E-state index in [2.05, 4.69) is 18.9 Å². The van der Waals surface area contributed by atoms with Crippen molar-refractivity contribution in [2.24, 2.45) is 0 Å². The van der Waals surface area contributed by atoms with Gasteiger partial charge in [-0.25, -0.2) is 19.6 Å². The van der Waals surface area contributed by atoms with Crippen molar-refractivity contribution in [2.45, 2.75) is 26.8 Å². The Labute approximate surface area is 174 Å². The highest BCUT2D eigenvalue weighted by Crippen LogP contribution is 2.32. The fourth-order valence-electron chi connectivity index (χ4n) is 3.88. The number of benzene rings is 1. The monoisotopic (exact) mass is 401 g/mol. The highest BCUT2D eigenvalue weighted by atomic mass is 16.2. The van der Waals surface area contributed by atoms with Crippen LogP contribution in [-0.2, 0) is 0 Å². The number of para-hydroxylation sites is 2. The molecule has 1 aromatic carbocycles. The van der Waals surface area contributed by atoms with E-state index in [0.717, 1.165) is 22.1 Å². The van der Waals surface area contributed by atoms with E-state index in [0.29, 0.717) is 36.0 Å².